The van der Waals surface area contributed by atoms with E-state index >= 15 is 0 Å². The van der Waals surface area contributed by atoms with Crippen LogP contribution in [0.25, 0.3) is 6.08 Å². The Kier molecular flexibility index (Phi) is 11.5. The molecule has 1 fully saturated rings. The summed E-state index contributed by atoms with van der Waals surface area (Å²) in [4.78, 5) is 25.6. The summed E-state index contributed by atoms with van der Waals surface area (Å²) >= 11 is 6.75. The maximum atomic E-state index is 12.9. The Morgan fingerprint density at radius 3 is 2.03 bits per heavy atom. The molecule has 1 aliphatic heterocycles. The summed E-state index contributed by atoms with van der Waals surface area (Å²) in [7, 11) is 4.66. The van der Waals surface area contributed by atoms with Gasteiger partial charge in [0.2, 0.25) is 5.75 Å². The first-order valence-electron chi connectivity index (χ1n) is 11.2. The van der Waals surface area contributed by atoms with Gasteiger partial charge in [-0.1, -0.05) is 62.5 Å². The third kappa shape index (κ3) is 8.23. The molecule has 2 rings (SSSR count). The van der Waals surface area contributed by atoms with E-state index in [2.05, 4.69) is 0 Å². The zero-order valence-corrected chi connectivity index (χ0v) is 21.2. The van der Waals surface area contributed by atoms with Gasteiger partial charge in [-0.15, -0.1) is 0 Å². The van der Waals surface area contributed by atoms with Gasteiger partial charge in [0.25, 0.3) is 5.91 Å². The SMILES string of the molecule is COc1cc(C=C2SC(=S)N(CCCCCCCCCCC(=O)O)C2=O)cc(OC)c1OC. The third-order valence-corrected chi connectivity index (χ3v) is 6.76. The van der Waals surface area contributed by atoms with Crippen LogP contribution in [-0.4, -0.2) is 54.1 Å². The number of carbonyl (C=O) groups excluding carboxylic acids is 1. The summed E-state index contributed by atoms with van der Waals surface area (Å²) in [6.07, 6.45) is 10.2. The maximum absolute atomic E-state index is 12.9. The van der Waals surface area contributed by atoms with Crippen LogP contribution in [0.4, 0.5) is 0 Å². The summed E-state index contributed by atoms with van der Waals surface area (Å²) in [6, 6.07) is 3.60. The molecule has 0 aliphatic carbocycles. The minimum atomic E-state index is -0.719. The van der Waals surface area contributed by atoms with E-state index in [4.69, 9.17) is 31.5 Å². The zero-order valence-electron chi connectivity index (χ0n) is 19.6. The lowest BCUT2D eigenvalue weighted by Gasteiger charge is -2.14. The average molecular weight is 496 g/mol. The molecule has 7 nitrogen and oxygen atoms in total. The van der Waals surface area contributed by atoms with Crippen molar-refractivity contribution in [2.75, 3.05) is 27.9 Å². The molecular formula is C24H33NO6S2. The molecule has 0 spiro atoms. The Morgan fingerprint density at radius 2 is 1.52 bits per heavy atom. The van der Waals surface area contributed by atoms with Gasteiger partial charge in [-0.2, -0.15) is 0 Å². The normalized spacial score (nSPS) is 14.8. The van der Waals surface area contributed by atoms with Crippen LogP contribution in [0.3, 0.4) is 0 Å². The zero-order chi connectivity index (χ0) is 24.2. The van der Waals surface area contributed by atoms with Gasteiger partial charge in [0.15, 0.2) is 11.5 Å². The fraction of sp³-hybridized carbons (Fsp3) is 0.542. The molecule has 33 heavy (non-hydrogen) atoms. The van der Waals surface area contributed by atoms with Gasteiger partial charge >= 0.3 is 5.97 Å². The van der Waals surface area contributed by atoms with Crippen LogP contribution in [0, 0.1) is 0 Å². The number of carbonyl (C=O) groups is 2. The monoisotopic (exact) mass is 495 g/mol. The van der Waals surface area contributed by atoms with Crippen molar-refractivity contribution in [1.82, 2.24) is 4.90 Å². The standard InChI is InChI=1S/C24H33NO6S2/c1-29-18-14-17(15-19(30-2)22(18)31-3)16-20-23(28)25(24(32)33-20)13-11-9-7-5-4-6-8-10-12-21(26)27/h14-16H,4-13H2,1-3H3,(H,26,27). The summed E-state index contributed by atoms with van der Waals surface area (Å²) in [5, 5.41) is 8.64. The van der Waals surface area contributed by atoms with Crippen LogP contribution in [-0.2, 0) is 9.59 Å². The van der Waals surface area contributed by atoms with E-state index in [1.165, 1.54) is 11.8 Å². The lowest BCUT2D eigenvalue weighted by atomic mass is 10.1. The van der Waals surface area contributed by atoms with Crippen molar-refractivity contribution < 1.29 is 28.9 Å². The van der Waals surface area contributed by atoms with Crippen LogP contribution in [0.2, 0.25) is 0 Å². The lowest BCUT2D eigenvalue weighted by molar-refractivity contribution is -0.137. The second kappa shape index (κ2) is 14.1. The Hall–Kier alpha value is -2.26. The minimum Gasteiger partial charge on any atom is -0.493 e. The Bertz CT molecular complexity index is 846. The van der Waals surface area contributed by atoms with Gasteiger partial charge in [-0.3, -0.25) is 14.5 Å². The van der Waals surface area contributed by atoms with Crippen LogP contribution in [0.15, 0.2) is 17.0 Å². The van der Waals surface area contributed by atoms with Crippen molar-refractivity contribution in [3.8, 4) is 17.2 Å². The number of ether oxygens (including phenoxy) is 3. The van der Waals surface area contributed by atoms with Crippen molar-refractivity contribution in [3.05, 3.63) is 22.6 Å². The average Bonchev–Trinajstić information content (AvgIpc) is 3.06. The molecule has 0 saturated carbocycles. The minimum absolute atomic E-state index is 0.0721. The molecule has 1 saturated heterocycles. The molecule has 1 aliphatic rings. The summed E-state index contributed by atoms with van der Waals surface area (Å²) in [5.74, 6) is 0.770. The number of methoxy groups -OCH3 is 3. The highest BCUT2D eigenvalue weighted by Gasteiger charge is 2.31. The number of thiocarbonyl (C=S) groups is 1. The van der Waals surface area contributed by atoms with Crippen molar-refractivity contribution in [3.63, 3.8) is 0 Å². The molecule has 1 amide bonds. The molecule has 1 aromatic carbocycles. The highest BCUT2D eigenvalue weighted by atomic mass is 32.2. The van der Waals surface area contributed by atoms with Gasteiger partial charge in [0.1, 0.15) is 4.32 Å². The third-order valence-electron chi connectivity index (χ3n) is 5.38. The molecule has 182 valence electrons. The lowest BCUT2D eigenvalue weighted by Crippen LogP contribution is -2.29. The number of amides is 1. The number of hydrogen-bond donors (Lipinski definition) is 1. The van der Waals surface area contributed by atoms with Crippen molar-refractivity contribution >= 4 is 46.3 Å². The number of unbranched alkanes of at least 4 members (excludes halogenated alkanes) is 7. The second-order valence-electron chi connectivity index (χ2n) is 7.76. The van der Waals surface area contributed by atoms with Crippen LogP contribution in [0.1, 0.15) is 63.4 Å². The predicted octanol–water partition coefficient (Wildman–Crippen LogP) is 5.51. The van der Waals surface area contributed by atoms with Gasteiger partial charge in [-0.05, 0) is 36.6 Å². The number of rotatable bonds is 15. The summed E-state index contributed by atoms with van der Waals surface area (Å²) in [6.45, 7) is 0.621. The first-order chi connectivity index (χ1) is 15.9. The Labute approximate surface area is 205 Å². The summed E-state index contributed by atoms with van der Waals surface area (Å²) < 4.78 is 16.7. The predicted molar refractivity (Wildman–Crippen MR) is 135 cm³/mol. The molecular weight excluding hydrogens is 462 g/mol. The Morgan fingerprint density at radius 1 is 0.970 bits per heavy atom. The van der Waals surface area contributed by atoms with Crippen molar-refractivity contribution in [1.29, 1.82) is 0 Å². The number of nitrogens with zero attached hydrogens (tertiary/aromatic N) is 1. The number of thioether (sulfide) groups is 1. The first-order valence-corrected chi connectivity index (χ1v) is 12.4. The molecule has 0 unspecified atom stereocenters. The van der Waals surface area contributed by atoms with E-state index in [1.807, 2.05) is 0 Å². The van der Waals surface area contributed by atoms with Gasteiger partial charge in [0.05, 0.1) is 26.2 Å². The highest BCUT2D eigenvalue weighted by molar-refractivity contribution is 8.26. The topological polar surface area (TPSA) is 85.3 Å². The van der Waals surface area contributed by atoms with Gasteiger partial charge in [0, 0.05) is 13.0 Å². The molecule has 9 heteroatoms. The fourth-order valence-electron chi connectivity index (χ4n) is 3.64. The first kappa shape index (κ1) is 27.0. The van der Waals surface area contributed by atoms with Crippen molar-refractivity contribution in [2.45, 2.75) is 57.8 Å². The van der Waals surface area contributed by atoms with Crippen LogP contribution >= 0.6 is 24.0 Å². The number of carboxylic acids is 1. The van der Waals surface area contributed by atoms with Crippen LogP contribution in [0.5, 0.6) is 17.2 Å². The molecule has 1 N–H and O–H groups in total. The molecule has 0 bridgehead atoms. The number of hydrogen-bond acceptors (Lipinski definition) is 7. The van der Waals surface area contributed by atoms with Crippen molar-refractivity contribution in [2.24, 2.45) is 0 Å². The van der Waals surface area contributed by atoms with E-state index in [-0.39, 0.29) is 12.3 Å². The van der Waals surface area contributed by atoms with E-state index in [0.29, 0.717) is 33.0 Å². The van der Waals surface area contributed by atoms with E-state index in [1.54, 1.807) is 44.4 Å². The van der Waals surface area contributed by atoms with Gasteiger partial charge in [-0.25, -0.2) is 0 Å². The fourth-order valence-corrected chi connectivity index (χ4v) is 4.94. The number of benzene rings is 1. The van der Waals surface area contributed by atoms with E-state index in [0.717, 1.165) is 56.9 Å². The quantitative estimate of drug-likeness (QED) is 0.194. The van der Waals surface area contributed by atoms with Crippen LogP contribution < -0.4 is 14.2 Å². The maximum Gasteiger partial charge on any atom is 0.303 e. The second-order valence-corrected chi connectivity index (χ2v) is 9.44. The molecule has 0 atom stereocenters. The van der Waals surface area contributed by atoms with E-state index in [9.17, 15) is 9.59 Å². The molecule has 1 aromatic rings. The number of carboxylic acid groups (broad SMARTS) is 1. The largest absolute Gasteiger partial charge is 0.493 e. The molecule has 0 aromatic heterocycles. The summed E-state index contributed by atoms with van der Waals surface area (Å²) in [5.41, 5.74) is 0.772. The molecule has 1 heterocycles. The Balaban J connectivity index is 1.82. The van der Waals surface area contributed by atoms with E-state index < -0.39 is 5.97 Å². The van der Waals surface area contributed by atoms with Gasteiger partial charge < -0.3 is 19.3 Å². The number of aliphatic carboxylic acids is 1. The molecule has 0 radical (unpaired) electrons. The smallest absolute Gasteiger partial charge is 0.303 e. The highest BCUT2D eigenvalue weighted by Crippen LogP contribution is 2.40.